The van der Waals surface area contributed by atoms with Gasteiger partial charge in [-0.05, 0) is 25.7 Å². The van der Waals surface area contributed by atoms with E-state index in [-0.39, 0.29) is 0 Å². The monoisotopic (exact) mass is 186 g/mol. The van der Waals surface area contributed by atoms with Crippen molar-refractivity contribution in [3.05, 3.63) is 0 Å². The Morgan fingerprint density at radius 2 is 2.00 bits per heavy atom. The molecule has 0 radical (unpaired) electrons. The second-order valence-corrected chi connectivity index (χ2v) is 4.27. The zero-order valence-corrected chi connectivity index (χ0v) is 8.12. The van der Waals surface area contributed by atoms with Gasteiger partial charge < -0.3 is 10.2 Å². The van der Waals surface area contributed by atoms with Crippen LogP contribution in [0.2, 0.25) is 0 Å². The third kappa shape index (κ3) is 2.99. The van der Waals surface area contributed by atoms with Crippen molar-refractivity contribution in [3.8, 4) is 0 Å². The van der Waals surface area contributed by atoms with E-state index in [1.165, 1.54) is 32.6 Å². The van der Waals surface area contributed by atoms with Crippen molar-refractivity contribution in [2.45, 2.75) is 51.0 Å². The molecule has 2 N–H and O–H groups in total. The van der Waals surface area contributed by atoms with E-state index < -0.39 is 11.6 Å². The van der Waals surface area contributed by atoms with Crippen molar-refractivity contribution in [1.29, 1.82) is 0 Å². The Morgan fingerprint density at radius 1 is 1.46 bits per heavy atom. The molecular weight excluding hydrogens is 168 g/mol. The van der Waals surface area contributed by atoms with Gasteiger partial charge >= 0.3 is 5.97 Å². The van der Waals surface area contributed by atoms with Crippen molar-refractivity contribution >= 4 is 5.97 Å². The van der Waals surface area contributed by atoms with E-state index in [1.807, 2.05) is 0 Å². The minimum absolute atomic E-state index is 0.382. The molecule has 1 aliphatic rings. The van der Waals surface area contributed by atoms with Crippen molar-refractivity contribution < 1.29 is 15.0 Å². The van der Waals surface area contributed by atoms with Crippen LogP contribution in [0, 0.1) is 5.92 Å². The van der Waals surface area contributed by atoms with E-state index >= 15 is 0 Å². The van der Waals surface area contributed by atoms with Gasteiger partial charge in [-0.2, -0.15) is 0 Å². The average molecular weight is 186 g/mol. The van der Waals surface area contributed by atoms with Gasteiger partial charge in [0.15, 0.2) is 5.60 Å². The van der Waals surface area contributed by atoms with E-state index in [1.54, 1.807) is 0 Å². The first-order valence-corrected chi connectivity index (χ1v) is 4.98. The van der Waals surface area contributed by atoms with Crippen LogP contribution >= 0.6 is 0 Å². The van der Waals surface area contributed by atoms with Gasteiger partial charge in [-0.15, -0.1) is 0 Å². The predicted octanol–water partition coefficient (Wildman–Crippen LogP) is 1.79. The molecule has 1 aliphatic carbocycles. The van der Waals surface area contributed by atoms with Crippen LogP contribution in [0.4, 0.5) is 0 Å². The van der Waals surface area contributed by atoms with Crippen molar-refractivity contribution in [1.82, 2.24) is 0 Å². The summed E-state index contributed by atoms with van der Waals surface area (Å²) >= 11 is 0. The first-order chi connectivity index (χ1) is 6.02. The molecule has 0 heterocycles. The fraction of sp³-hybridized carbons (Fsp3) is 0.900. The van der Waals surface area contributed by atoms with Crippen LogP contribution in [-0.2, 0) is 4.79 Å². The molecular formula is C10H18O3. The summed E-state index contributed by atoms with van der Waals surface area (Å²) in [4.78, 5) is 10.6. The van der Waals surface area contributed by atoms with Gasteiger partial charge in [0.2, 0.25) is 0 Å². The summed E-state index contributed by atoms with van der Waals surface area (Å²) in [6, 6.07) is 0. The first-order valence-electron chi connectivity index (χ1n) is 4.98. The molecule has 1 fully saturated rings. The molecule has 1 rings (SSSR count). The topological polar surface area (TPSA) is 57.5 Å². The van der Waals surface area contributed by atoms with Gasteiger partial charge in [0.1, 0.15) is 0 Å². The zero-order valence-electron chi connectivity index (χ0n) is 8.12. The molecule has 1 atom stereocenters. The van der Waals surface area contributed by atoms with Crippen LogP contribution in [0.5, 0.6) is 0 Å². The highest BCUT2D eigenvalue weighted by molar-refractivity contribution is 5.76. The molecule has 76 valence electrons. The minimum atomic E-state index is -1.53. The molecule has 0 aromatic heterocycles. The molecule has 0 aromatic carbocycles. The lowest BCUT2D eigenvalue weighted by atomic mass is 9.93. The Kier molecular flexibility index (Phi) is 3.31. The van der Waals surface area contributed by atoms with Crippen LogP contribution in [0.15, 0.2) is 0 Å². The van der Waals surface area contributed by atoms with E-state index in [9.17, 15) is 9.90 Å². The number of carboxylic acids is 1. The van der Waals surface area contributed by atoms with E-state index in [2.05, 4.69) is 0 Å². The molecule has 1 saturated carbocycles. The number of rotatable bonds is 4. The van der Waals surface area contributed by atoms with Crippen molar-refractivity contribution in [3.63, 3.8) is 0 Å². The number of aliphatic carboxylic acids is 1. The molecule has 1 unspecified atom stereocenters. The van der Waals surface area contributed by atoms with E-state index in [4.69, 9.17) is 5.11 Å². The van der Waals surface area contributed by atoms with E-state index in [0.717, 1.165) is 6.42 Å². The second kappa shape index (κ2) is 4.09. The van der Waals surface area contributed by atoms with Gasteiger partial charge in [0.05, 0.1) is 0 Å². The fourth-order valence-electron chi connectivity index (χ4n) is 1.89. The summed E-state index contributed by atoms with van der Waals surface area (Å²) in [5.74, 6) is -0.462. The minimum Gasteiger partial charge on any atom is -0.479 e. The molecule has 0 bridgehead atoms. The third-order valence-electron chi connectivity index (χ3n) is 2.97. The van der Waals surface area contributed by atoms with Crippen LogP contribution in [0.1, 0.15) is 45.4 Å². The molecule has 0 aromatic rings. The van der Waals surface area contributed by atoms with Crippen LogP contribution in [0.25, 0.3) is 0 Å². The normalized spacial score (nSPS) is 22.9. The highest BCUT2D eigenvalue weighted by atomic mass is 16.4. The largest absolute Gasteiger partial charge is 0.479 e. The summed E-state index contributed by atoms with van der Waals surface area (Å²) in [5.41, 5.74) is -1.53. The van der Waals surface area contributed by atoms with Crippen molar-refractivity contribution in [2.24, 2.45) is 5.92 Å². The molecule has 13 heavy (non-hydrogen) atoms. The third-order valence-corrected chi connectivity index (χ3v) is 2.97. The second-order valence-electron chi connectivity index (χ2n) is 4.27. The van der Waals surface area contributed by atoms with Gasteiger partial charge in [-0.3, -0.25) is 0 Å². The van der Waals surface area contributed by atoms with Gasteiger partial charge in [-0.25, -0.2) is 4.79 Å². The Morgan fingerprint density at radius 3 is 2.46 bits per heavy atom. The number of carbonyl (C=O) groups is 1. The number of carboxylic acid groups (broad SMARTS) is 1. The molecule has 3 nitrogen and oxygen atoms in total. The van der Waals surface area contributed by atoms with Crippen LogP contribution in [0.3, 0.4) is 0 Å². The Hall–Kier alpha value is -0.570. The summed E-state index contributed by atoms with van der Waals surface area (Å²) in [6.45, 7) is 1.38. The molecule has 0 aliphatic heterocycles. The Bertz CT molecular complexity index is 181. The van der Waals surface area contributed by atoms with Crippen molar-refractivity contribution in [2.75, 3.05) is 0 Å². The lowest BCUT2D eigenvalue weighted by Crippen LogP contribution is -2.35. The zero-order chi connectivity index (χ0) is 9.90. The quantitative estimate of drug-likeness (QED) is 0.703. The summed E-state index contributed by atoms with van der Waals surface area (Å²) < 4.78 is 0. The van der Waals surface area contributed by atoms with Crippen LogP contribution < -0.4 is 0 Å². The molecule has 0 spiro atoms. The van der Waals surface area contributed by atoms with Crippen LogP contribution in [-0.4, -0.2) is 21.8 Å². The number of hydrogen-bond donors (Lipinski definition) is 2. The lowest BCUT2D eigenvalue weighted by molar-refractivity contribution is -0.157. The SMILES string of the molecule is CC(O)(CCC1CCCC1)C(=O)O. The lowest BCUT2D eigenvalue weighted by Gasteiger charge is -2.19. The van der Waals surface area contributed by atoms with E-state index in [0.29, 0.717) is 12.3 Å². The molecule has 3 heteroatoms. The summed E-state index contributed by atoms with van der Waals surface area (Å²) in [6.07, 6.45) is 6.16. The summed E-state index contributed by atoms with van der Waals surface area (Å²) in [7, 11) is 0. The number of hydrogen-bond acceptors (Lipinski definition) is 2. The highest BCUT2D eigenvalue weighted by Gasteiger charge is 2.30. The standard InChI is InChI=1S/C10H18O3/c1-10(13,9(11)12)7-6-8-4-2-3-5-8/h8,13H,2-7H2,1H3,(H,11,12). The number of aliphatic hydroxyl groups is 1. The maximum Gasteiger partial charge on any atom is 0.335 e. The molecule has 0 saturated heterocycles. The predicted molar refractivity (Wildman–Crippen MR) is 49.5 cm³/mol. The maximum absolute atomic E-state index is 10.6. The Labute approximate surface area is 78.8 Å². The fourth-order valence-corrected chi connectivity index (χ4v) is 1.89. The Balaban J connectivity index is 2.28. The average Bonchev–Trinajstić information content (AvgIpc) is 2.52. The molecule has 0 amide bonds. The smallest absolute Gasteiger partial charge is 0.335 e. The maximum atomic E-state index is 10.6. The highest BCUT2D eigenvalue weighted by Crippen LogP contribution is 2.30. The van der Waals surface area contributed by atoms with Gasteiger partial charge in [-0.1, -0.05) is 25.7 Å². The first kappa shape index (κ1) is 10.5. The van der Waals surface area contributed by atoms with Gasteiger partial charge in [0.25, 0.3) is 0 Å². The van der Waals surface area contributed by atoms with Gasteiger partial charge in [0, 0.05) is 0 Å². The summed E-state index contributed by atoms with van der Waals surface area (Å²) in [5, 5.41) is 18.1.